The van der Waals surface area contributed by atoms with Crippen molar-refractivity contribution in [3.63, 3.8) is 0 Å². The van der Waals surface area contributed by atoms with E-state index in [0.717, 1.165) is 0 Å². The molecule has 0 spiro atoms. The summed E-state index contributed by atoms with van der Waals surface area (Å²) >= 11 is 0. The predicted molar refractivity (Wildman–Crippen MR) is 42.9 cm³/mol. The van der Waals surface area contributed by atoms with Crippen molar-refractivity contribution in [3.05, 3.63) is 6.04 Å². The molecular formula is C7H17Si. The summed E-state index contributed by atoms with van der Waals surface area (Å²) in [4.78, 5) is 0. The first-order valence-corrected chi connectivity index (χ1v) is 5.55. The second kappa shape index (κ2) is 7.22. The van der Waals surface area contributed by atoms with Crippen molar-refractivity contribution in [1.82, 2.24) is 0 Å². The molecule has 0 N–H and O–H groups in total. The van der Waals surface area contributed by atoms with E-state index in [1.807, 2.05) is 0 Å². The molecule has 0 aromatic carbocycles. The Morgan fingerprint density at radius 1 is 1.38 bits per heavy atom. The second-order valence-corrected chi connectivity index (χ2v) is 4.05. The minimum Gasteiger partial charge on any atom is -0.0654 e. The van der Waals surface area contributed by atoms with Crippen LogP contribution < -0.4 is 0 Å². The van der Waals surface area contributed by atoms with Crippen molar-refractivity contribution >= 4 is 9.52 Å². The smallest absolute Gasteiger partial charge is 0.0231 e. The van der Waals surface area contributed by atoms with Gasteiger partial charge in [-0.2, -0.15) is 0 Å². The largest absolute Gasteiger partial charge is 0.0654 e. The van der Waals surface area contributed by atoms with Crippen molar-refractivity contribution in [2.45, 2.75) is 39.2 Å². The Hall–Kier alpha value is 0.217. The topological polar surface area (TPSA) is 0 Å². The first-order valence-electron chi connectivity index (χ1n) is 3.73. The third kappa shape index (κ3) is 6.22. The van der Waals surface area contributed by atoms with Gasteiger partial charge in [0, 0.05) is 9.52 Å². The number of rotatable bonds is 5. The second-order valence-electron chi connectivity index (χ2n) is 2.19. The van der Waals surface area contributed by atoms with E-state index >= 15 is 0 Å². The molecule has 0 nitrogen and oxygen atoms in total. The lowest BCUT2D eigenvalue weighted by Gasteiger charge is -1.92. The maximum Gasteiger partial charge on any atom is 0.0231 e. The Morgan fingerprint density at radius 3 is 2.62 bits per heavy atom. The molecule has 0 aliphatic rings. The van der Waals surface area contributed by atoms with Crippen LogP contribution in [-0.2, 0) is 0 Å². The fourth-order valence-corrected chi connectivity index (χ4v) is 2.23. The standard InChI is InChI=1S/C7H17Si/c1-3-5-7-8-6-4-2/h6H,3-5,7-8H2,1-2H3. The van der Waals surface area contributed by atoms with Gasteiger partial charge in [-0.3, -0.25) is 0 Å². The average molecular weight is 129 g/mol. The Morgan fingerprint density at radius 2 is 2.12 bits per heavy atom. The van der Waals surface area contributed by atoms with Gasteiger partial charge in [0.15, 0.2) is 0 Å². The van der Waals surface area contributed by atoms with Gasteiger partial charge in [0.05, 0.1) is 0 Å². The molecule has 0 amide bonds. The normalized spacial score (nSPS) is 11.2. The van der Waals surface area contributed by atoms with E-state index in [9.17, 15) is 0 Å². The van der Waals surface area contributed by atoms with Crippen molar-refractivity contribution in [1.29, 1.82) is 0 Å². The molecule has 0 atom stereocenters. The van der Waals surface area contributed by atoms with E-state index in [4.69, 9.17) is 0 Å². The number of unbranched alkanes of at least 4 members (excludes halogenated alkanes) is 1. The summed E-state index contributed by atoms with van der Waals surface area (Å²) in [6.45, 7) is 4.50. The third-order valence-electron chi connectivity index (χ3n) is 1.30. The summed E-state index contributed by atoms with van der Waals surface area (Å²) in [6.07, 6.45) is 4.14. The maximum absolute atomic E-state index is 2.50. The molecule has 0 unspecified atom stereocenters. The average Bonchev–Trinajstić information content (AvgIpc) is 1.81. The Balaban J connectivity index is 2.53. The van der Waals surface area contributed by atoms with Crippen LogP contribution in [0.1, 0.15) is 33.1 Å². The van der Waals surface area contributed by atoms with Crippen LogP contribution in [-0.4, -0.2) is 9.52 Å². The zero-order valence-corrected chi connectivity index (χ0v) is 7.53. The van der Waals surface area contributed by atoms with E-state index in [2.05, 4.69) is 19.9 Å². The zero-order chi connectivity index (χ0) is 6.24. The van der Waals surface area contributed by atoms with Crippen LogP contribution in [0.25, 0.3) is 0 Å². The van der Waals surface area contributed by atoms with E-state index < -0.39 is 0 Å². The number of hydrogen-bond acceptors (Lipinski definition) is 0. The Labute approximate surface area is 55.5 Å². The van der Waals surface area contributed by atoms with Crippen LogP contribution >= 0.6 is 0 Å². The maximum atomic E-state index is 2.50. The molecule has 49 valence electrons. The zero-order valence-electron chi connectivity index (χ0n) is 6.11. The van der Waals surface area contributed by atoms with E-state index in [-0.39, 0.29) is 9.52 Å². The molecule has 0 aromatic rings. The lowest BCUT2D eigenvalue weighted by Crippen LogP contribution is -1.88. The van der Waals surface area contributed by atoms with Gasteiger partial charge in [0.1, 0.15) is 0 Å². The summed E-state index contributed by atoms with van der Waals surface area (Å²) in [5, 5.41) is 0. The summed E-state index contributed by atoms with van der Waals surface area (Å²) < 4.78 is 0. The molecule has 0 aliphatic carbocycles. The van der Waals surface area contributed by atoms with Crippen molar-refractivity contribution < 1.29 is 0 Å². The highest BCUT2D eigenvalue weighted by Crippen LogP contribution is 1.95. The highest BCUT2D eigenvalue weighted by atomic mass is 28.2. The molecular weight excluding hydrogens is 112 g/mol. The third-order valence-corrected chi connectivity index (χ3v) is 3.19. The van der Waals surface area contributed by atoms with Gasteiger partial charge in [-0.25, -0.2) is 0 Å². The van der Waals surface area contributed by atoms with E-state index in [1.165, 1.54) is 25.3 Å². The highest BCUT2D eigenvalue weighted by molar-refractivity contribution is 6.39. The van der Waals surface area contributed by atoms with Crippen molar-refractivity contribution in [2.75, 3.05) is 0 Å². The lowest BCUT2D eigenvalue weighted by molar-refractivity contribution is 0.878. The first-order chi connectivity index (χ1) is 3.91. The lowest BCUT2D eigenvalue weighted by atomic mass is 10.4. The quantitative estimate of drug-likeness (QED) is 0.393. The van der Waals surface area contributed by atoms with Crippen LogP contribution in [0.5, 0.6) is 0 Å². The summed E-state index contributed by atoms with van der Waals surface area (Å²) in [6, 6.07) is 4.03. The minimum absolute atomic E-state index is 0.275. The predicted octanol–water partition coefficient (Wildman–Crippen LogP) is 1.95. The molecule has 0 aliphatic heterocycles. The van der Waals surface area contributed by atoms with Gasteiger partial charge in [-0.15, -0.1) is 0 Å². The first kappa shape index (κ1) is 8.22. The molecule has 8 heavy (non-hydrogen) atoms. The summed E-state index contributed by atoms with van der Waals surface area (Å²) in [5.41, 5.74) is 0. The fraction of sp³-hybridized carbons (Fsp3) is 0.857. The van der Waals surface area contributed by atoms with Crippen LogP contribution in [0, 0.1) is 6.04 Å². The Kier molecular flexibility index (Phi) is 7.41. The van der Waals surface area contributed by atoms with E-state index in [0.29, 0.717) is 0 Å². The van der Waals surface area contributed by atoms with Gasteiger partial charge in [0.2, 0.25) is 0 Å². The molecule has 0 bridgehead atoms. The van der Waals surface area contributed by atoms with Gasteiger partial charge >= 0.3 is 0 Å². The summed E-state index contributed by atoms with van der Waals surface area (Å²) in [5.74, 6) is 0. The van der Waals surface area contributed by atoms with Crippen molar-refractivity contribution in [2.24, 2.45) is 0 Å². The molecule has 1 heteroatoms. The Bertz CT molecular complexity index is 29.4. The molecule has 0 heterocycles. The van der Waals surface area contributed by atoms with Crippen LogP contribution in [0.2, 0.25) is 6.04 Å². The monoisotopic (exact) mass is 129 g/mol. The SMILES string of the molecule is CC[CH][SiH2]CCCC. The van der Waals surface area contributed by atoms with Gasteiger partial charge in [0.25, 0.3) is 0 Å². The summed E-state index contributed by atoms with van der Waals surface area (Å²) in [7, 11) is 0.275. The van der Waals surface area contributed by atoms with Gasteiger partial charge in [-0.05, 0) is 0 Å². The molecule has 0 saturated carbocycles. The fourth-order valence-electron chi connectivity index (χ4n) is 0.743. The van der Waals surface area contributed by atoms with Gasteiger partial charge in [-0.1, -0.05) is 45.2 Å². The van der Waals surface area contributed by atoms with E-state index in [1.54, 1.807) is 0 Å². The highest BCUT2D eigenvalue weighted by Gasteiger charge is 1.84. The van der Waals surface area contributed by atoms with Crippen LogP contribution in [0.3, 0.4) is 0 Å². The minimum atomic E-state index is 0.275. The molecule has 0 saturated heterocycles. The van der Waals surface area contributed by atoms with Gasteiger partial charge < -0.3 is 0 Å². The molecule has 0 aromatic heterocycles. The van der Waals surface area contributed by atoms with Crippen LogP contribution in [0.4, 0.5) is 0 Å². The molecule has 0 rings (SSSR count). The van der Waals surface area contributed by atoms with Crippen molar-refractivity contribution in [3.8, 4) is 0 Å². The van der Waals surface area contributed by atoms with Crippen LogP contribution in [0.15, 0.2) is 0 Å². The molecule has 0 fully saturated rings. The molecule has 1 radical (unpaired) electrons. The number of hydrogen-bond donors (Lipinski definition) is 0.